The molecular formula is C14H19Cl2N. The first-order valence-electron chi connectivity index (χ1n) is 6.40. The molecule has 1 heterocycles. The largest absolute Gasteiger partial charge is 0.371 e. The molecule has 0 unspecified atom stereocenters. The third kappa shape index (κ3) is 3.53. The SMILES string of the molecule is ClCc1cc(Cl)ccc1N1CCCCCCC1. The van der Waals surface area contributed by atoms with Gasteiger partial charge in [-0.3, -0.25) is 0 Å². The van der Waals surface area contributed by atoms with Gasteiger partial charge < -0.3 is 4.90 Å². The summed E-state index contributed by atoms with van der Waals surface area (Å²) in [6.07, 6.45) is 6.64. The fourth-order valence-corrected chi connectivity index (χ4v) is 2.87. The molecule has 1 aromatic carbocycles. The lowest BCUT2D eigenvalue weighted by Gasteiger charge is -2.28. The highest BCUT2D eigenvalue weighted by atomic mass is 35.5. The summed E-state index contributed by atoms with van der Waals surface area (Å²) in [7, 11) is 0. The van der Waals surface area contributed by atoms with Gasteiger partial charge in [0.05, 0.1) is 0 Å². The van der Waals surface area contributed by atoms with Gasteiger partial charge in [-0.25, -0.2) is 0 Å². The zero-order valence-electron chi connectivity index (χ0n) is 10.1. The first-order chi connectivity index (χ1) is 8.31. The van der Waals surface area contributed by atoms with E-state index < -0.39 is 0 Å². The zero-order chi connectivity index (χ0) is 12.1. The van der Waals surface area contributed by atoms with Crippen LogP contribution in [0.3, 0.4) is 0 Å². The van der Waals surface area contributed by atoms with Crippen molar-refractivity contribution in [3.63, 3.8) is 0 Å². The van der Waals surface area contributed by atoms with Gasteiger partial charge in [-0.1, -0.05) is 30.9 Å². The molecule has 0 aliphatic carbocycles. The minimum atomic E-state index is 0.534. The van der Waals surface area contributed by atoms with E-state index in [0.29, 0.717) is 5.88 Å². The number of benzene rings is 1. The smallest absolute Gasteiger partial charge is 0.0495 e. The molecule has 0 bridgehead atoms. The molecule has 1 saturated heterocycles. The third-order valence-corrected chi connectivity index (χ3v) is 3.91. The van der Waals surface area contributed by atoms with E-state index >= 15 is 0 Å². The number of hydrogen-bond acceptors (Lipinski definition) is 1. The normalized spacial score (nSPS) is 17.6. The minimum absolute atomic E-state index is 0.534. The van der Waals surface area contributed by atoms with Crippen molar-refractivity contribution in [2.45, 2.75) is 38.0 Å². The Morgan fingerprint density at radius 3 is 2.29 bits per heavy atom. The molecule has 1 nitrogen and oxygen atoms in total. The number of nitrogens with zero attached hydrogens (tertiary/aromatic N) is 1. The van der Waals surface area contributed by atoms with Crippen molar-refractivity contribution in [2.75, 3.05) is 18.0 Å². The number of halogens is 2. The van der Waals surface area contributed by atoms with Crippen LogP contribution in [0.1, 0.15) is 37.7 Å². The topological polar surface area (TPSA) is 3.24 Å². The number of hydrogen-bond donors (Lipinski definition) is 0. The first kappa shape index (κ1) is 13.0. The average molecular weight is 272 g/mol. The van der Waals surface area contributed by atoms with E-state index in [1.54, 1.807) is 0 Å². The van der Waals surface area contributed by atoms with Crippen molar-refractivity contribution >= 4 is 28.9 Å². The molecule has 0 amide bonds. The lowest BCUT2D eigenvalue weighted by molar-refractivity contribution is 0.556. The average Bonchev–Trinajstić information content (AvgIpc) is 2.29. The maximum absolute atomic E-state index is 6.02. The maximum atomic E-state index is 6.02. The molecule has 0 radical (unpaired) electrons. The summed E-state index contributed by atoms with van der Waals surface area (Å²) in [5.74, 6) is 0.534. The molecule has 3 heteroatoms. The van der Waals surface area contributed by atoms with Gasteiger partial charge in [0.1, 0.15) is 0 Å². The van der Waals surface area contributed by atoms with Gasteiger partial charge in [0.25, 0.3) is 0 Å². The molecular weight excluding hydrogens is 253 g/mol. The number of rotatable bonds is 2. The molecule has 0 spiro atoms. The van der Waals surface area contributed by atoms with E-state index in [9.17, 15) is 0 Å². The second-order valence-corrected chi connectivity index (χ2v) is 5.37. The van der Waals surface area contributed by atoms with Crippen molar-refractivity contribution in [1.29, 1.82) is 0 Å². The molecule has 1 aliphatic heterocycles. The monoisotopic (exact) mass is 271 g/mol. The Morgan fingerprint density at radius 1 is 1.00 bits per heavy atom. The summed E-state index contributed by atoms with van der Waals surface area (Å²) < 4.78 is 0. The van der Waals surface area contributed by atoms with E-state index in [1.165, 1.54) is 37.8 Å². The molecule has 1 fully saturated rings. The number of alkyl halides is 1. The molecule has 0 N–H and O–H groups in total. The summed E-state index contributed by atoms with van der Waals surface area (Å²) in [4.78, 5) is 2.47. The fourth-order valence-electron chi connectivity index (χ4n) is 2.46. The van der Waals surface area contributed by atoms with Crippen molar-refractivity contribution in [2.24, 2.45) is 0 Å². The van der Waals surface area contributed by atoms with Crippen LogP contribution in [0.2, 0.25) is 5.02 Å². The third-order valence-electron chi connectivity index (χ3n) is 3.38. The van der Waals surface area contributed by atoms with Crippen molar-refractivity contribution in [3.8, 4) is 0 Å². The van der Waals surface area contributed by atoms with Crippen LogP contribution in [0.5, 0.6) is 0 Å². The van der Waals surface area contributed by atoms with Gasteiger partial charge in [0, 0.05) is 29.7 Å². The van der Waals surface area contributed by atoms with Crippen LogP contribution in [0, 0.1) is 0 Å². The molecule has 2 rings (SSSR count). The van der Waals surface area contributed by atoms with Gasteiger partial charge in [0.2, 0.25) is 0 Å². The second-order valence-electron chi connectivity index (χ2n) is 4.66. The van der Waals surface area contributed by atoms with Gasteiger partial charge in [0.15, 0.2) is 0 Å². The predicted molar refractivity (Wildman–Crippen MR) is 76.3 cm³/mol. The molecule has 0 atom stereocenters. The first-order valence-corrected chi connectivity index (χ1v) is 7.32. The Labute approximate surface area is 114 Å². The molecule has 1 aromatic rings. The summed E-state index contributed by atoms with van der Waals surface area (Å²) in [5.41, 5.74) is 2.42. The zero-order valence-corrected chi connectivity index (χ0v) is 11.6. The van der Waals surface area contributed by atoms with Gasteiger partial charge in [-0.2, -0.15) is 0 Å². The second kappa shape index (κ2) is 6.51. The summed E-state index contributed by atoms with van der Waals surface area (Å²) >= 11 is 12.0. The Morgan fingerprint density at radius 2 is 1.65 bits per heavy atom. The van der Waals surface area contributed by atoms with E-state index in [4.69, 9.17) is 23.2 Å². The Kier molecular flexibility index (Phi) is 4.99. The van der Waals surface area contributed by atoms with Crippen molar-refractivity contribution in [1.82, 2.24) is 0 Å². The molecule has 94 valence electrons. The molecule has 17 heavy (non-hydrogen) atoms. The minimum Gasteiger partial charge on any atom is -0.371 e. The lowest BCUT2D eigenvalue weighted by Crippen LogP contribution is -2.27. The summed E-state index contributed by atoms with van der Waals surface area (Å²) in [5, 5.41) is 0.774. The highest BCUT2D eigenvalue weighted by Gasteiger charge is 2.12. The van der Waals surface area contributed by atoms with Gasteiger partial charge in [-0.05, 0) is 36.6 Å². The molecule has 0 saturated carbocycles. The van der Waals surface area contributed by atoms with Crippen LogP contribution in [0.25, 0.3) is 0 Å². The van der Waals surface area contributed by atoms with Gasteiger partial charge in [-0.15, -0.1) is 11.6 Å². The van der Waals surface area contributed by atoms with Crippen molar-refractivity contribution in [3.05, 3.63) is 28.8 Å². The van der Waals surface area contributed by atoms with Crippen LogP contribution >= 0.6 is 23.2 Å². The van der Waals surface area contributed by atoms with Crippen LogP contribution in [-0.4, -0.2) is 13.1 Å². The van der Waals surface area contributed by atoms with Crippen LogP contribution in [0.15, 0.2) is 18.2 Å². The standard InChI is InChI=1S/C14H19Cl2N/c15-11-12-10-13(16)6-7-14(12)17-8-4-2-1-3-5-9-17/h6-7,10H,1-5,8-9,11H2. The quantitative estimate of drug-likeness (QED) is 0.696. The van der Waals surface area contributed by atoms with E-state index in [1.807, 2.05) is 12.1 Å². The van der Waals surface area contributed by atoms with Crippen LogP contribution < -0.4 is 4.90 Å². The summed E-state index contributed by atoms with van der Waals surface area (Å²) in [6.45, 7) is 2.29. The Balaban J connectivity index is 2.18. The highest BCUT2D eigenvalue weighted by Crippen LogP contribution is 2.27. The maximum Gasteiger partial charge on any atom is 0.0495 e. The Bertz CT molecular complexity index is 357. The number of anilines is 1. The van der Waals surface area contributed by atoms with E-state index in [0.717, 1.165) is 23.7 Å². The van der Waals surface area contributed by atoms with Crippen molar-refractivity contribution < 1.29 is 0 Å². The lowest BCUT2D eigenvalue weighted by atomic mass is 10.1. The van der Waals surface area contributed by atoms with Crippen LogP contribution in [0.4, 0.5) is 5.69 Å². The molecule has 1 aliphatic rings. The highest BCUT2D eigenvalue weighted by molar-refractivity contribution is 6.30. The molecule has 0 aromatic heterocycles. The van der Waals surface area contributed by atoms with E-state index in [-0.39, 0.29) is 0 Å². The van der Waals surface area contributed by atoms with E-state index in [2.05, 4.69) is 11.0 Å². The van der Waals surface area contributed by atoms with Gasteiger partial charge >= 0.3 is 0 Å². The Hall–Kier alpha value is -0.400. The van der Waals surface area contributed by atoms with Crippen LogP contribution in [-0.2, 0) is 5.88 Å². The summed E-state index contributed by atoms with van der Waals surface area (Å²) in [6, 6.07) is 6.07. The fraction of sp³-hybridized carbons (Fsp3) is 0.571. The predicted octanol–water partition coefficient (Wildman–Crippen LogP) is 4.85.